The molecular weight excluding hydrogens is 176 g/mol. The lowest BCUT2D eigenvalue weighted by atomic mass is 10.0. The van der Waals surface area contributed by atoms with Crippen molar-refractivity contribution < 1.29 is 0 Å². The lowest BCUT2D eigenvalue weighted by Crippen LogP contribution is -2.32. The van der Waals surface area contributed by atoms with Gasteiger partial charge in [0.2, 0.25) is 5.95 Å². The van der Waals surface area contributed by atoms with Crippen LogP contribution in [0, 0.1) is 12.3 Å². The summed E-state index contributed by atoms with van der Waals surface area (Å²) in [5.74, 6) is 3.56. The van der Waals surface area contributed by atoms with Gasteiger partial charge in [-0.1, -0.05) is 12.8 Å². The molecule has 0 spiro atoms. The Bertz CT molecular complexity index is 355. The average Bonchev–Trinajstić information content (AvgIpc) is 2.18. The van der Waals surface area contributed by atoms with Crippen LogP contribution in [0.4, 0.5) is 11.8 Å². The molecule has 4 heteroatoms. The molecule has 0 aromatic carbocycles. The van der Waals surface area contributed by atoms with Gasteiger partial charge in [-0.3, -0.25) is 0 Å². The first-order valence-electron chi connectivity index (χ1n) is 4.44. The van der Waals surface area contributed by atoms with Gasteiger partial charge in [-0.2, -0.15) is 4.98 Å². The van der Waals surface area contributed by atoms with E-state index in [2.05, 4.69) is 21.2 Å². The Morgan fingerprint density at radius 1 is 1.71 bits per heavy atom. The van der Waals surface area contributed by atoms with Crippen LogP contribution in [0.25, 0.3) is 0 Å². The predicted molar refractivity (Wildman–Crippen MR) is 57.6 cm³/mol. The van der Waals surface area contributed by atoms with E-state index in [0.717, 1.165) is 6.42 Å². The third-order valence-corrected chi connectivity index (χ3v) is 2.09. The second-order valence-corrected chi connectivity index (χ2v) is 3.26. The summed E-state index contributed by atoms with van der Waals surface area (Å²) in [6.45, 7) is 3.92. The molecule has 1 rings (SSSR count). The smallest absolute Gasteiger partial charge is 0.225 e. The summed E-state index contributed by atoms with van der Waals surface area (Å²) in [6, 6.07) is 1.63. The molecule has 0 aliphatic rings. The van der Waals surface area contributed by atoms with Gasteiger partial charge < -0.3 is 11.1 Å². The topological polar surface area (TPSA) is 63.8 Å². The van der Waals surface area contributed by atoms with Crippen LogP contribution in [0.2, 0.25) is 0 Å². The standard InChI is InChI=1S/C10H14N4/c1-4-10(3,5-2)14-9-12-7-6-8(11)13-9/h1,6-7H,5H2,2-3H3,(H3,11,12,13,14). The van der Waals surface area contributed by atoms with E-state index in [0.29, 0.717) is 11.8 Å². The highest BCUT2D eigenvalue weighted by Gasteiger charge is 2.19. The van der Waals surface area contributed by atoms with Crippen molar-refractivity contribution in [1.29, 1.82) is 0 Å². The van der Waals surface area contributed by atoms with E-state index in [1.54, 1.807) is 12.3 Å². The van der Waals surface area contributed by atoms with Gasteiger partial charge >= 0.3 is 0 Å². The van der Waals surface area contributed by atoms with Gasteiger partial charge in [-0.25, -0.2) is 4.98 Å². The van der Waals surface area contributed by atoms with E-state index in [4.69, 9.17) is 12.2 Å². The monoisotopic (exact) mass is 190 g/mol. The minimum Gasteiger partial charge on any atom is -0.384 e. The Labute approximate surface area is 83.9 Å². The highest BCUT2D eigenvalue weighted by molar-refractivity contribution is 5.39. The molecule has 74 valence electrons. The molecule has 14 heavy (non-hydrogen) atoms. The Morgan fingerprint density at radius 3 is 2.93 bits per heavy atom. The zero-order valence-electron chi connectivity index (χ0n) is 8.41. The number of rotatable bonds is 3. The molecule has 0 aliphatic carbocycles. The third-order valence-electron chi connectivity index (χ3n) is 2.09. The maximum absolute atomic E-state index is 5.52. The Balaban J connectivity index is 2.84. The third kappa shape index (κ3) is 2.36. The molecular formula is C10H14N4. The van der Waals surface area contributed by atoms with Gasteiger partial charge in [0, 0.05) is 6.20 Å². The SMILES string of the molecule is C#CC(C)(CC)Nc1nccc(N)n1. The maximum Gasteiger partial charge on any atom is 0.225 e. The summed E-state index contributed by atoms with van der Waals surface area (Å²) >= 11 is 0. The largest absolute Gasteiger partial charge is 0.384 e. The van der Waals surface area contributed by atoms with Crippen molar-refractivity contribution in [2.45, 2.75) is 25.8 Å². The van der Waals surface area contributed by atoms with Crippen LogP contribution >= 0.6 is 0 Å². The predicted octanol–water partition coefficient (Wildman–Crippen LogP) is 1.27. The highest BCUT2D eigenvalue weighted by Crippen LogP contribution is 2.14. The quantitative estimate of drug-likeness (QED) is 0.704. The summed E-state index contributed by atoms with van der Waals surface area (Å²) < 4.78 is 0. The lowest BCUT2D eigenvalue weighted by molar-refractivity contribution is 0.628. The molecule has 0 saturated carbocycles. The van der Waals surface area contributed by atoms with Crippen LogP contribution in [0.1, 0.15) is 20.3 Å². The molecule has 1 unspecified atom stereocenters. The van der Waals surface area contributed by atoms with E-state index in [1.165, 1.54) is 0 Å². The van der Waals surface area contributed by atoms with Gasteiger partial charge in [0.25, 0.3) is 0 Å². The van der Waals surface area contributed by atoms with Gasteiger partial charge in [0.1, 0.15) is 5.82 Å². The van der Waals surface area contributed by atoms with Gasteiger partial charge in [-0.05, 0) is 19.4 Å². The van der Waals surface area contributed by atoms with Crippen LogP contribution in [-0.4, -0.2) is 15.5 Å². The Kier molecular flexibility index (Phi) is 2.92. The fourth-order valence-electron chi connectivity index (χ4n) is 0.906. The Morgan fingerprint density at radius 2 is 2.43 bits per heavy atom. The zero-order valence-corrected chi connectivity index (χ0v) is 8.41. The number of hydrogen-bond acceptors (Lipinski definition) is 4. The number of nitrogens with two attached hydrogens (primary N) is 1. The number of hydrogen-bond donors (Lipinski definition) is 2. The molecule has 1 heterocycles. The molecule has 0 radical (unpaired) electrons. The average molecular weight is 190 g/mol. The van der Waals surface area contributed by atoms with Gasteiger partial charge in [-0.15, -0.1) is 6.42 Å². The van der Waals surface area contributed by atoms with Crippen molar-refractivity contribution in [3.8, 4) is 12.3 Å². The molecule has 3 N–H and O–H groups in total. The number of nitrogen functional groups attached to an aromatic ring is 1. The number of anilines is 2. The van der Waals surface area contributed by atoms with Gasteiger partial charge in [0.05, 0.1) is 5.54 Å². The lowest BCUT2D eigenvalue weighted by Gasteiger charge is -2.23. The molecule has 1 atom stereocenters. The van der Waals surface area contributed by atoms with E-state index in [1.807, 2.05) is 13.8 Å². The van der Waals surface area contributed by atoms with Crippen LogP contribution in [0.3, 0.4) is 0 Å². The van der Waals surface area contributed by atoms with Gasteiger partial charge in [0.15, 0.2) is 0 Å². The molecule has 1 aromatic rings. The molecule has 0 saturated heterocycles. The fourth-order valence-corrected chi connectivity index (χ4v) is 0.906. The van der Waals surface area contributed by atoms with Crippen LogP contribution in [-0.2, 0) is 0 Å². The van der Waals surface area contributed by atoms with E-state index < -0.39 is 5.54 Å². The second-order valence-electron chi connectivity index (χ2n) is 3.26. The summed E-state index contributed by atoms with van der Waals surface area (Å²) in [5, 5.41) is 3.06. The van der Waals surface area contributed by atoms with E-state index in [-0.39, 0.29) is 0 Å². The number of terminal acetylenes is 1. The summed E-state index contributed by atoms with van der Waals surface area (Å²) in [4.78, 5) is 8.04. The van der Waals surface area contributed by atoms with Crippen molar-refractivity contribution in [1.82, 2.24) is 9.97 Å². The van der Waals surface area contributed by atoms with Crippen molar-refractivity contribution >= 4 is 11.8 Å². The fraction of sp³-hybridized carbons (Fsp3) is 0.400. The van der Waals surface area contributed by atoms with E-state index >= 15 is 0 Å². The van der Waals surface area contributed by atoms with Crippen molar-refractivity contribution in [3.63, 3.8) is 0 Å². The molecule has 0 amide bonds. The maximum atomic E-state index is 5.52. The molecule has 4 nitrogen and oxygen atoms in total. The van der Waals surface area contributed by atoms with Crippen LogP contribution < -0.4 is 11.1 Å². The van der Waals surface area contributed by atoms with Crippen molar-refractivity contribution in [2.75, 3.05) is 11.1 Å². The normalized spacial score (nSPS) is 14.1. The number of nitrogens with zero attached hydrogens (tertiary/aromatic N) is 2. The summed E-state index contributed by atoms with van der Waals surface area (Å²) in [6.07, 6.45) is 7.79. The molecule has 1 aromatic heterocycles. The highest BCUT2D eigenvalue weighted by atomic mass is 15.1. The molecule has 0 bridgehead atoms. The van der Waals surface area contributed by atoms with Crippen LogP contribution in [0.15, 0.2) is 12.3 Å². The number of aromatic nitrogens is 2. The second kappa shape index (κ2) is 3.97. The first-order valence-corrected chi connectivity index (χ1v) is 4.44. The summed E-state index contributed by atoms with van der Waals surface area (Å²) in [7, 11) is 0. The first kappa shape index (κ1) is 10.3. The molecule has 0 fully saturated rings. The number of nitrogens with one attached hydrogen (secondary N) is 1. The molecule has 0 aliphatic heterocycles. The van der Waals surface area contributed by atoms with Crippen molar-refractivity contribution in [3.05, 3.63) is 12.3 Å². The van der Waals surface area contributed by atoms with Crippen molar-refractivity contribution in [2.24, 2.45) is 0 Å². The summed E-state index contributed by atoms with van der Waals surface area (Å²) in [5.41, 5.74) is 5.09. The Hall–Kier alpha value is -1.76. The minimum absolute atomic E-state index is 0.423. The zero-order chi connectivity index (χ0) is 10.6. The minimum atomic E-state index is -0.423. The van der Waals surface area contributed by atoms with Crippen LogP contribution in [0.5, 0.6) is 0 Å². The first-order chi connectivity index (χ1) is 6.59. The van der Waals surface area contributed by atoms with E-state index in [9.17, 15) is 0 Å².